The Morgan fingerprint density at radius 3 is 2.68 bits per heavy atom. The van der Waals surface area contributed by atoms with Gasteiger partial charge in [-0.1, -0.05) is 12.1 Å². The lowest BCUT2D eigenvalue weighted by Crippen LogP contribution is -2.41. The Hall–Kier alpha value is -2.36. The molecular weight excluding hydrogens is 396 g/mol. The summed E-state index contributed by atoms with van der Waals surface area (Å²) in [4.78, 5) is 20.9. The fourth-order valence-electron chi connectivity index (χ4n) is 3.28. The molecule has 1 aliphatic rings. The second-order valence-corrected chi connectivity index (χ2v) is 9.70. The molecule has 0 aliphatic carbocycles. The number of para-hydroxylation sites is 1. The molecule has 0 saturated carbocycles. The molecule has 1 aromatic carbocycles. The highest BCUT2D eigenvalue weighted by Crippen LogP contribution is 2.24. The van der Waals surface area contributed by atoms with Gasteiger partial charge in [-0.3, -0.25) is 9.78 Å². The van der Waals surface area contributed by atoms with Crippen LogP contribution in [0.1, 0.15) is 22.6 Å². The molecule has 0 spiro atoms. The third-order valence-electron chi connectivity index (χ3n) is 4.89. The number of nitrogens with zero attached hydrogens (tertiary/aromatic N) is 3. The number of pyridine rings is 1. The van der Waals surface area contributed by atoms with Crippen LogP contribution in [0.5, 0.6) is 0 Å². The summed E-state index contributed by atoms with van der Waals surface area (Å²) < 4.78 is 27.8. The van der Waals surface area contributed by atoms with E-state index in [1.807, 2.05) is 24.3 Å². The maximum absolute atomic E-state index is 12.6. The molecule has 4 rings (SSSR count). The van der Waals surface area contributed by atoms with Gasteiger partial charge < -0.3 is 5.32 Å². The predicted molar refractivity (Wildman–Crippen MR) is 108 cm³/mol. The van der Waals surface area contributed by atoms with E-state index in [4.69, 9.17) is 0 Å². The van der Waals surface area contributed by atoms with Gasteiger partial charge in [0.2, 0.25) is 10.0 Å². The molecular formula is C19H20N4O3S2. The second-order valence-electron chi connectivity index (χ2n) is 6.73. The topological polar surface area (TPSA) is 92.3 Å². The maximum atomic E-state index is 12.6. The van der Waals surface area contributed by atoms with Crippen LogP contribution in [0.4, 0.5) is 0 Å². The number of benzene rings is 1. The molecule has 7 nitrogen and oxygen atoms in total. The highest BCUT2D eigenvalue weighted by atomic mass is 32.2. The van der Waals surface area contributed by atoms with E-state index in [1.54, 1.807) is 18.3 Å². The quantitative estimate of drug-likeness (QED) is 0.690. The fraction of sp³-hybridized carbons (Fsp3) is 0.316. The van der Waals surface area contributed by atoms with Crippen molar-refractivity contribution in [2.24, 2.45) is 5.92 Å². The van der Waals surface area contributed by atoms with Crippen molar-refractivity contribution >= 4 is 37.5 Å². The highest BCUT2D eigenvalue weighted by molar-refractivity contribution is 7.89. The van der Waals surface area contributed by atoms with Crippen LogP contribution in [0, 0.1) is 5.92 Å². The number of amides is 1. The number of carbonyl (C=O) groups is 1. The van der Waals surface area contributed by atoms with Crippen molar-refractivity contribution in [2.45, 2.75) is 17.7 Å². The highest BCUT2D eigenvalue weighted by Gasteiger charge is 2.29. The molecule has 0 bridgehead atoms. The molecule has 146 valence electrons. The Kier molecular flexibility index (Phi) is 5.38. The van der Waals surface area contributed by atoms with Crippen LogP contribution in [-0.2, 0) is 10.0 Å². The number of hydrogen-bond donors (Lipinski definition) is 1. The van der Waals surface area contributed by atoms with Crippen molar-refractivity contribution in [1.29, 1.82) is 0 Å². The van der Waals surface area contributed by atoms with Gasteiger partial charge in [-0.25, -0.2) is 13.4 Å². The number of aromatic nitrogens is 2. The minimum atomic E-state index is -3.50. The number of hydrogen-bond acceptors (Lipinski definition) is 6. The number of fused-ring (bicyclic) bond motifs is 1. The number of rotatable bonds is 5. The van der Waals surface area contributed by atoms with Crippen LogP contribution in [0.2, 0.25) is 0 Å². The zero-order valence-corrected chi connectivity index (χ0v) is 16.7. The molecule has 1 aliphatic heterocycles. The standard InChI is InChI=1S/C19H20N4O3S2/c24-18(19-22-16-5-1-2-6-17(16)27-19)21-12-14-7-10-23(11-8-14)28(25,26)15-4-3-9-20-13-15/h1-6,9,13-14H,7-8,10-12H2,(H,21,24). The first kappa shape index (κ1) is 19.0. The molecule has 0 atom stereocenters. The van der Waals surface area contributed by atoms with Gasteiger partial charge in [0.1, 0.15) is 4.90 Å². The maximum Gasteiger partial charge on any atom is 0.280 e. The SMILES string of the molecule is O=C(NCC1CCN(S(=O)(=O)c2cccnc2)CC1)c1nc2ccccc2s1. The molecule has 1 amide bonds. The van der Waals surface area contributed by atoms with Gasteiger partial charge in [-0.05, 0) is 43.0 Å². The molecule has 1 fully saturated rings. The molecule has 3 heterocycles. The summed E-state index contributed by atoms with van der Waals surface area (Å²) in [6.07, 6.45) is 4.35. The third-order valence-corrected chi connectivity index (χ3v) is 7.80. The van der Waals surface area contributed by atoms with Crippen molar-refractivity contribution in [3.8, 4) is 0 Å². The number of carbonyl (C=O) groups excluding carboxylic acids is 1. The van der Waals surface area contributed by atoms with Crippen molar-refractivity contribution in [3.05, 3.63) is 53.8 Å². The molecule has 9 heteroatoms. The molecule has 28 heavy (non-hydrogen) atoms. The summed E-state index contributed by atoms with van der Waals surface area (Å²) in [6, 6.07) is 10.8. The summed E-state index contributed by atoms with van der Waals surface area (Å²) in [5, 5.41) is 3.40. The Balaban J connectivity index is 1.31. The molecule has 1 saturated heterocycles. The first-order chi connectivity index (χ1) is 13.5. The minimum absolute atomic E-state index is 0.174. The van der Waals surface area contributed by atoms with Gasteiger partial charge in [0.25, 0.3) is 5.91 Å². The summed E-state index contributed by atoms with van der Waals surface area (Å²) in [5.41, 5.74) is 0.826. The number of sulfonamides is 1. The Bertz CT molecular complexity index is 1040. The van der Waals surface area contributed by atoms with Crippen LogP contribution in [-0.4, -0.2) is 48.2 Å². The van der Waals surface area contributed by atoms with E-state index in [2.05, 4.69) is 15.3 Å². The summed E-state index contributed by atoms with van der Waals surface area (Å²) in [7, 11) is -3.50. The average Bonchev–Trinajstić information content (AvgIpc) is 3.17. The van der Waals surface area contributed by atoms with Crippen molar-refractivity contribution in [1.82, 2.24) is 19.6 Å². The van der Waals surface area contributed by atoms with E-state index in [-0.39, 0.29) is 16.7 Å². The number of thiazole rings is 1. The summed E-state index contributed by atoms with van der Waals surface area (Å²) in [5.74, 6) is 0.0743. The summed E-state index contributed by atoms with van der Waals surface area (Å²) >= 11 is 1.38. The van der Waals surface area contributed by atoms with Crippen LogP contribution >= 0.6 is 11.3 Å². The van der Waals surface area contributed by atoms with Gasteiger partial charge in [0.15, 0.2) is 5.01 Å². The number of nitrogens with one attached hydrogen (secondary N) is 1. The van der Waals surface area contributed by atoms with E-state index in [1.165, 1.54) is 21.8 Å². The third kappa shape index (κ3) is 3.91. The monoisotopic (exact) mass is 416 g/mol. The van der Waals surface area contributed by atoms with E-state index in [0.29, 0.717) is 37.5 Å². The van der Waals surface area contributed by atoms with E-state index < -0.39 is 10.0 Å². The van der Waals surface area contributed by atoms with Crippen LogP contribution in [0.25, 0.3) is 10.2 Å². The number of piperidine rings is 1. The van der Waals surface area contributed by atoms with Gasteiger partial charge in [0.05, 0.1) is 10.2 Å². The van der Waals surface area contributed by atoms with Crippen LogP contribution < -0.4 is 5.32 Å². The van der Waals surface area contributed by atoms with E-state index >= 15 is 0 Å². The molecule has 2 aromatic heterocycles. The predicted octanol–water partition coefficient (Wildman–Crippen LogP) is 2.52. The zero-order valence-electron chi connectivity index (χ0n) is 15.1. The Morgan fingerprint density at radius 1 is 1.18 bits per heavy atom. The van der Waals surface area contributed by atoms with Gasteiger partial charge in [-0.2, -0.15) is 4.31 Å². The first-order valence-electron chi connectivity index (χ1n) is 9.08. The lowest BCUT2D eigenvalue weighted by Gasteiger charge is -2.31. The lowest BCUT2D eigenvalue weighted by molar-refractivity contribution is 0.0941. The summed E-state index contributed by atoms with van der Waals surface area (Å²) in [6.45, 7) is 1.41. The second kappa shape index (κ2) is 7.94. The van der Waals surface area contributed by atoms with Crippen molar-refractivity contribution in [3.63, 3.8) is 0 Å². The smallest absolute Gasteiger partial charge is 0.280 e. The fourth-order valence-corrected chi connectivity index (χ4v) is 5.60. The van der Waals surface area contributed by atoms with Gasteiger partial charge in [0, 0.05) is 32.0 Å². The zero-order chi connectivity index (χ0) is 19.6. The van der Waals surface area contributed by atoms with Crippen molar-refractivity contribution < 1.29 is 13.2 Å². The molecule has 1 N–H and O–H groups in total. The van der Waals surface area contributed by atoms with Gasteiger partial charge in [-0.15, -0.1) is 11.3 Å². The van der Waals surface area contributed by atoms with Crippen LogP contribution in [0.15, 0.2) is 53.7 Å². The van der Waals surface area contributed by atoms with Crippen LogP contribution in [0.3, 0.4) is 0 Å². The largest absolute Gasteiger partial charge is 0.350 e. The minimum Gasteiger partial charge on any atom is -0.350 e. The van der Waals surface area contributed by atoms with E-state index in [9.17, 15) is 13.2 Å². The molecule has 0 radical (unpaired) electrons. The molecule has 3 aromatic rings. The van der Waals surface area contributed by atoms with Gasteiger partial charge >= 0.3 is 0 Å². The molecule has 0 unspecified atom stereocenters. The van der Waals surface area contributed by atoms with Crippen molar-refractivity contribution in [2.75, 3.05) is 19.6 Å². The lowest BCUT2D eigenvalue weighted by atomic mass is 9.98. The normalized spacial score (nSPS) is 16.3. The van der Waals surface area contributed by atoms with E-state index in [0.717, 1.165) is 10.2 Å². The Morgan fingerprint density at radius 2 is 1.96 bits per heavy atom. The Labute approximate surface area is 167 Å². The first-order valence-corrected chi connectivity index (χ1v) is 11.3. The average molecular weight is 417 g/mol.